The third kappa shape index (κ3) is 5.59. The van der Waals surface area contributed by atoms with E-state index < -0.39 is 10.0 Å². The van der Waals surface area contributed by atoms with E-state index in [1.54, 1.807) is 24.3 Å². The van der Waals surface area contributed by atoms with Crippen molar-refractivity contribution >= 4 is 15.7 Å². The first-order valence-corrected chi connectivity index (χ1v) is 8.10. The third-order valence-corrected chi connectivity index (χ3v) is 4.31. The van der Waals surface area contributed by atoms with Crippen molar-refractivity contribution in [3.63, 3.8) is 0 Å². The Morgan fingerprint density at radius 3 is 2.58 bits per heavy atom. The molecule has 0 atom stereocenters. The summed E-state index contributed by atoms with van der Waals surface area (Å²) in [6.45, 7) is 1.50. The minimum atomic E-state index is -3.30. The molecule has 19 heavy (non-hydrogen) atoms. The van der Waals surface area contributed by atoms with Crippen molar-refractivity contribution in [2.45, 2.75) is 18.6 Å². The first-order valence-electron chi connectivity index (χ1n) is 6.45. The first-order chi connectivity index (χ1) is 9.05. The standard InChI is InChI=1S/C13H20N2O3S/c14-13-5-3-12(4-6-13)10-19(16,17)15-7-8-18-9-11-1-2-11/h3-6,11,15H,1-2,7-10,14H2. The molecule has 0 aliphatic heterocycles. The molecule has 1 fully saturated rings. The lowest BCUT2D eigenvalue weighted by molar-refractivity contribution is 0.129. The Morgan fingerprint density at radius 2 is 1.95 bits per heavy atom. The monoisotopic (exact) mass is 284 g/mol. The summed E-state index contributed by atoms with van der Waals surface area (Å²) in [7, 11) is -3.30. The van der Waals surface area contributed by atoms with Gasteiger partial charge in [-0.25, -0.2) is 13.1 Å². The van der Waals surface area contributed by atoms with Crippen molar-refractivity contribution in [2.24, 2.45) is 5.92 Å². The summed E-state index contributed by atoms with van der Waals surface area (Å²) >= 11 is 0. The van der Waals surface area contributed by atoms with Crippen molar-refractivity contribution in [1.29, 1.82) is 0 Å². The molecule has 1 aromatic rings. The van der Waals surface area contributed by atoms with E-state index in [4.69, 9.17) is 10.5 Å². The number of nitrogen functional groups attached to an aromatic ring is 1. The summed E-state index contributed by atoms with van der Waals surface area (Å²) in [5.41, 5.74) is 6.90. The van der Waals surface area contributed by atoms with Crippen LogP contribution in [0.25, 0.3) is 0 Å². The Kier molecular flexibility index (Phi) is 4.79. The van der Waals surface area contributed by atoms with Crippen molar-refractivity contribution < 1.29 is 13.2 Å². The molecule has 0 radical (unpaired) electrons. The van der Waals surface area contributed by atoms with Crippen LogP contribution in [0.4, 0.5) is 5.69 Å². The zero-order valence-electron chi connectivity index (χ0n) is 10.8. The van der Waals surface area contributed by atoms with Crippen LogP contribution >= 0.6 is 0 Å². The highest BCUT2D eigenvalue weighted by Crippen LogP contribution is 2.28. The molecule has 1 aliphatic carbocycles. The van der Waals surface area contributed by atoms with E-state index in [9.17, 15) is 8.42 Å². The van der Waals surface area contributed by atoms with Gasteiger partial charge in [0.2, 0.25) is 10.0 Å². The summed E-state index contributed by atoms with van der Waals surface area (Å²) in [4.78, 5) is 0. The molecule has 0 heterocycles. The summed E-state index contributed by atoms with van der Waals surface area (Å²) in [5.74, 6) is 0.669. The summed E-state index contributed by atoms with van der Waals surface area (Å²) < 4.78 is 31.5. The van der Waals surface area contributed by atoms with E-state index in [0.29, 0.717) is 24.8 Å². The molecule has 0 aromatic heterocycles. The van der Waals surface area contributed by atoms with Gasteiger partial charge in [0.25, 0.3) is 0 Å². The van der Waals surface area contributed by atoms with Crippen molar-refractivity contribution in [1.82, 2.24) is 4.72 Å². The number of sulfonamides is 1. The van der Waals surface area contributed by atoms with Gasteiger partial charge in [0, 0.05) is 18.8 Å². The van der Waals surface area contributed by atoms with E-state index in [0.717, 1.165) is 12.2 Å². The SMILES string of the molecule is Nc1ccc(CS(=O)(=O)NCCOCC2CC2)cc1. The maximum atomic E-state index is 11.8. The Bertz CT molecular complexity index is 495. The smallest absolute Gasteiger partial charge is 0.215 e. The second-order valence-electron chi connectivity index (χ2n) is 4.91. The number of ether oxygens (including phenoxy) is 1. The van der Waals surface area contributed by atoms with E-state index >= 15 is 0 Å². The van der Waals surface area contributed by atoms with Gasteiger partial charge in [-0.1, -0.05) is 12.1 Å². The molecule has 106 valence electrons. The molecule has 0 unspecified atom stereocenters. The number of benzene rings is 1. The predicted octanol–water partition coefficient (Wildman–Crippen LogP) is 1.11. The van der Waals surface area contributed by atoms with Gasteiger partial charge in [-0.05, 0) is 36.5 Å². The Balaban J connectivity index is 1.69. The second-order valence-corrected chi connectivity index (χ2v) is 6.72. The van der Waals surface area contributed by atoms with Crippen LogP contribution in [0.15, 0.2) is 24.3 Å². The van der Waals surface area contributed by atoms with Crippen LogP contribution in [0.1, 0.15) is 18.4 Å². The quantitative estimate of drug-likeness (QED) is 0.553. The molecular formula is C13H20N2O3S. The number of nitrogens with two attached hydrogens (primary N) is 1. The highest BCUT2D eigenvalue weighted by molar-refractivity contribution is 7.88. The van der Waals surface area contributed by atoms with Crippen molar-refractivity contribution in [2.75, 3.05) is 25.5 Å². The maximum absolute atomic E-state index is 11.8. The number of hydrogen-bond donors (Lipinski definition) is 2. The normalized spacial score (nSPS) is 15.6. The Morgan fingerprint density at radius 1 is 1.26 bits per heavy atom. The van der Waals surface area contributed by atoms with Gasteiger partial charge < -0.3 is 10.5 Å². The maximum Gasteiger partial charge on any atom is 0.215 e. The minimum absolute atomic E-state index is 0.0318. The number of anilines is 1. The minimum Gasteiger partial charge on any atom is -0.399 e. The van der Waals surface area contributed by atoms with Crippen LogP contribution in [-0.4, -0.2) is 28.2 Å². The molecule has 0 saturated heterocycles. The summed E-state index contributed by atoms with van der Waals surface area (Å²) in [6.07, 6.45) is 2.48. The van der Waals surface area contributed by atoms with E-state index in [1.165, 1.54) is 12.8 Å². The fourth-order valence-electron chi connectivity index (χ4n) is 1.69. The first kappa shape index (κ1) is 14.3. The van der Waals surface area contributed by atoms with Gasteiger partial charge in [0.15, 0.2) is 0 Å². The molecular weight excluding hydrogens is 264 g/mol. The zero-order valence-corrected chi connectivity index (χ0v) is 11.7. The second kappa shape index (κ2) is 6.36. The lowest BCUT2D eigenvalue weighted by Crippen LogP contribution is -2.28. The Labute approximate surface area is 114 Å². The molecule has 1 aliphatic rings. The van der Waals surface area contributed by atoms with Gasteiger partial charge in [-0.3, -0.25) is 0 Å². The average Bonchev–Trinajstić information content (AvgIpc) is 3.15. The molecule has 3 N–H and O–H groups in total. The fraction of sp³-hybridized carbons (Fsp3) is 0.538. The molecule has 2 rings (SSSR count). The molecule has 0 spiro atoms. The molecule has 0 bridgehead atoms. The van der Waals surface area contributed by atoms with Gasteiger partial charge in [-0.2, -0.15) is 0 Å². The van der Waals surface area contributed by atoms with Crippen LogP contribution < -0.4 is 10.5 Å². The van der Waals surface area contributed by atoms with Gasteiger partial charge in [-0.15, -0.1) is 0 Å². The van der Waals surface area contributed by atoms with Crippen molar-refractivity contribution in [3.05, 3.63) is 29.8 Å². The zero-order chi connectivity index (χ0) is 13.7. The van der Waals surface area contributed by atoms with Gasteiger partial charge >= 0.3 is 0 Å². The van der Waals surface area contributed by atoms with Crippen LogP contribution in [0.5, 0.6) is 0 Å². The largest absolute Gasteiger partial charge is 0.399 e. The lowest BCUT2D eigenvalue weighted by Gasteiger charge is -2.07. The number of hydrogen-bond acceptors (Lipinski definition) is 4. The van der Waals surface area contributed by atoms with E-state index in [1.807, 2.05) is 0 Å². The predicted molar refractivity (Wildman–Crippen MR) is 75.0 cm³/mol. The highest BCUT2D eigenvalue weighted by Gasteiger charge is 2.21. The molecule has 0 amide bonds. The van der Waals surface area contributed by atoms with Gasteiger partial charge in [0.1, 0.15) is 0 Å². The van der Waals surface area contributed by atoms with Crippen LogP contribution in [0, 0.1) is 5.92 Å². The van der Waals surface area contributed by atoms with Crippen molar-refractivity contribution in [3.8, 4) is 0 Å². The summed E-state index contributed by atoms with van der Waals surface area (Å²) in [5, 5.41) is 0. The van der Waals surface area contributed by atoms with E-state index in [2.05, 4.69) is 4.72 Å². The van der Waals surface area contributed by atoms with Crippen LogP contribution in [0.3, 0.4) is 0 Å². The summed E-state index contributed by atoms with van der Waals surface area (Å²) in [6, 6.07) is 6.84. The van der Waals surface area contributed by atoms with Gasteiger partial charge in [0.05, 0.1) is 12.4 Å². The molecule has 6 heteroatoms. The molecule has 1 saturated carbocycles. The van der Waals surface area contributed by atoms with Crippen LogP contribution in [0.2, 0.25) is 0 Å². The topological polar surface area (TPSA) is 81.4 Å². The van der Waals surface area contributed by atoms with Crippen LogP contribution in [-0.2, 0) is 20.5 Å². The fourth-order valence-corrected chi connectivity index (χ4v) is 2.82. The average molecular weight is 284 g/mol. The lowest BCUT2D eigenvalue weighted by atomic mass is 10.2. The molecule has 5 nitrogen and oxygen atoms in total. The number of nitrogens with one attached hydrogen (secondary N) is 1. The highest BCUT2D eigenvalue weighted by atomic mass is 32.2. The third-order valence-electron chi connectivity index (χ3n) is 2.96. The Hall–Kier alpha value is -1.11. The molecule has 1 aromatic carbocycles. The number of rotatable bonds is 8. The van der Waals surface area contributed by atoms with E-state index in [-0.39, 0.29) is 5.75 Å².